The lowest BCUT2D eigenvalue weighted by Crippen LogP contribution is -2.36. The number of halogens is 1. The summed E-state index contributed by atoms with van der Waals surface area (Å²) in [7, 11) is 0. The minimum atomic E-state index is -0.236. The van der Waals surface area contributed by atoms with Gasteiger partial charge in [0.05, 0.1) is 29.0 Å². The smallest absolute Gasteiger partial charge is 0.271 e. The molecule has 0 unspecified atom stereocenters. The molecule has 0 spiro atoms. The molecule has 4 rings (SSSR count). The van der Waals surface area contributed by atoms with Crippen molar-refractivity contribution < 1.29 is 4.79 Å². The Morgan fingerprint density at radius 1 is 1.40 bits per heavy atom. The van der Waals surface area contributed by atoms with Crippen LogP contribution < -0.4 is 5.32 Å². The van der Waals surface area contributed by atoms with Crippen molar-refractivity contribution >= 4 is 28.8 Å². The van der Waals surface area contributed by atoms with Gasteiger partial charge in [0.2, 0.25) is 0 Å². The van der Waals surface area contributed by atoms with Gasteiger partial charge in [0.15, 0.2) is 0 Å². The summed E-state index contributed by atoms with van der Waals surface area (Å²) in [4.78, 5) is 16.9. The highest BCUT2D eigenvalue weighted by Gasteiger charge is 2.15. The molecular weight excluding hydrogens is 422 g/mol. The van der Waals surface area contributed by atoms with Crippen LogP contribution in [0.25, 0.3) is 21.8 Å². The van der Waals surface area contributed by atoms with Crippen molar-refractivity contribution in [3.05, 3.63) is 64.5 Å². The number of carbonyl (C=O) groups is 1. The molecule has 0 radical (unpaired) electrons. The maximum absolute atomic E-state index is 12.5. The molecule has 0 saturated carbocycles. The minimum Gasteiger partial charge on any atom is -0.346 e. The summed E-state index contributed by atoms with van der Waals surface area (Å²) < 4.78 is 1.75. The number of hydrogen-bond donors (Lipinski definition) is 2. The third-order valence-corrected chi connectivity index (χ3v) is 5.55. The predicted molar refractivity (Wildman–Crippen MR) is 114 cm³/mol. The van der Waals surface area contributed by atoms with Gasteiger partial charge < -0.3 is 5.32 Å². The van der Waals surface area contributed by atoms with Crippen LogP contribution in [-0.4, -0.2) is 36.9 Å². The normalized spacial score (nSPS) is 11.8. The van der Waals surface area contributed by atoms with Crippen molar-refractivity contribution in [1.29, 1.82) is 5.26 Å². The first-order valence-electron chi connectivity index (χ1n) is 9.02. The van der Waals surface area contributed by atoms with Gasteiger partial charge in [-0.3, -0.25) is 14.6 Å². The van der Waals surface area contributed by atoms with Crippen LogP contribution >= 0.6 is 22.9 Å². The molecule has 150 valence electrons. The van der Waals surface area contributed by atoms with E-state index in [-0.39, 0.29) is 11.9 Å². The van der Waals surface area contributed by atoms with Crippen molar-refractivity contribution in [2.75, 3.05) is 0 Å². The summed E-state index contributed by atoms with van der Waals surface area (Å²) in [6.07, 6.45) is 5.24. The third kappa shape index (κ3) is 4.25. The molecular formula is C20H16ClN7OS. The van der Waals surface area contributed by atoms with Crippen LogP contribution in [0.1, 0.15) is 23.0 Å². The zero-order chi connectivity index (χ0) is 21.1. The average Bonchev–Trinajstić information content (AvgIpc) is 3.48. The summed E-state index contributed by atoms with van der Waals surface area (Å²) in [5, 5.41) is 25.9. The SMILES string of the molecule is C[C@H](Cn1ccc(-c2ccc(C#N)c(Cl)c2)n1)NC(=O)c1csc(-c2cn[nH]c2)n1. The van der Waals surface area contributed by atoms with Crippen LogP contribution in [0.15, 0.2) is 48.2 Å². The largest absolute Gasteiger partial charge is 0.346 e. The fraction of sp³-hybridized carbons (Fsp3) is 0.150. The Morgan fingerprint density at radius 3 is 3.00 bits per heavy atom. The number of aromatic nitrogens is 5. The second kappa shape index (κ2) is 8.49. The minimum absolute atomic E-state index is 0.158. The van der Waals surface area contributed by atoms with E-state index in [1.165, 1.54) is 11.3 Å². The lowest BCUT2D eigenvalue weighted by molar-refractivity contribution is 0.0931. The second-order valence-corrected chi connectivity index (χ2v) is 7.89. The Morgan fingerprint density at radius 2 is 2.27 bits per heavy atom. The molecule has 4 aromatic rings. The monoisotopic (exact) mass is 437 g/mol. The van der Waals surface area contributed by atoms with Gasteiger partial charge in [-0.1, -0.05) is 17.7 Å². The summed E-state index contributed by atoms with van der Waals surface area (Å²) in [6, 6.07) is 8.95. The molecule has 3 heterocycles. The Labute approximate surface area is 181 Å². The quantitative estimate of drug-likeness (QED) is 0.477. The van der Waals surface area contributed by atoms with Crippen LogP contribution in [-0.2, 0) is 6.54 Å². The number of nitrogens with one attached hydrogen (secondary N) is 2. The van der Waals surface area contributed by atoms with Gasteiger partial charge in [0, 0.05) is 34.9 Å². The molecule has 8 nitrogen and oxygen atoms in total. The van der Waals surface area contributed by atoms with Gasteiger partial charge in [0.25, 0.3) is 5.91 Å². The van der Waals surface area contributed by atoms with E-state index in [2.05, 4.69) is 25.6 Å². The van der Waals surface area contributed by atoms with Gasteiger partial charge in [-0.15, -0.1) is 11.3 Å². The van der Waals surface area contributed by atoms with Crippen molar-refractivity contribution in [1.82, 2.24) is 30.3 Å². The molecule has 1 atom stereocenters. The van der Waals surface area contributed by atoms with Crippen molar-refractivity contribution in [3.8, 4) is 27.9 Å². The van der Waals surface area contributed by atoms with Crippen LogP contribution in [0.2, 0.25) is 5.02 Å². The van der Waals surface area contributed by atoms with Crippen LogP contribution in [0.3, 0.4) is 0 Å². The molecule has 0 aliphatic carbocycles. The number of nitriles is 1. The first-order chi connectivity index (χ1) is 14.5. The molecule has 0 fully saturated rings. The van der Waals surface area contributed by atoms with E-state index in [1.54, 1.807) is 34.6 Å². The van der Waals surface area contributed by atoms with E-state index in [4.69, 9.17) is 16.9 Å². The molecule has 1 amide bonds. The Bertz CT molecular complexity index is 1220. The van der Waals surface area contributed by atoms with Crippen LogP contribution in [0.5, 0.6) is 0 Å². The lowest BCUT2D eigenvalue weighted by Gasteiger charge is -2.13. The first-order valence-corrected chi connectivity index (χ1v) is 10.3. The van der Waals surface area contributed by atoms with E-state index >= 15 is 0 Å². The highest BCUT2D eigenvalue weighted by molar-refractivity contribution is 7.13. The number of amides is 1. The van der Waals surface area contributed by atoms with Gasteiger partial charge >= 0.3 is 0 Å². The first kappa shape index (κ1) is 19.8. The lowest BCUT2D eigenvalue weighted by atomic mass is 10.1. The molecule has 0 bridgehead atoms. The van der Waals surface area contributed by atoms with Crippen molar-refractivity contribution in [2.45, 2.75) is 19.5 Å². The zero-order valence-electron chi connectivity index (χ0n) is 15.8. The maximum atomic E-state index is 12.5. The molecule has 0 saturated heterocycles. The van der Waals surface area contributed by atoms with E-state index in [0.717, 1.165) is 21.8 Å². The van der Waals surface area contributed by atoms with E-state index in [0.29, 0.717) is 22.8 Å². The summed E-state index contributed by atoms with van der Waals surface area (Å²) >= 11 is 7.50. The molecule has 0 aliphatic heterocycles. The maximum Gasteiger partial charge on any atom is 0.271 e. The molecule has 1 aromatic carbocycles. The molecule has 0 aliphatic rings. The van der Waals surface area contributed by atoms with Gasteiger partial charge in [-0.05, 0) is 25.1 Å². The molecule has 2 N–H and O–H groups in total. The Hall–Kier alpha value is -3.48. The molecule has 10 heteroatoms. The standard InChI is InChI=1S/C20H16ClN7OS/c1-12(25-19(29)18-11-30-20(26-18)15-8-23-24-9-15)10-28-5-4-17(27-28)13-2-3-14(7-22)16(21)6-13/h2-6,8-9,11-12H,10H2,1H3,(H,23,24)(H,25,29)/t12-/m1/s1. The fourth-order valence-electron chi connectivity index (χ4n) is 2.88. The fourth-order valence-corrected chi connectivity index (χ4v) is 3.89. The van der Waals surface area contributed by atoms with Gasteiger partial charge in [-0.25, -0.2) is 4.98 Å². The third-order valence-electron chi connectivity index (χ3n) is 4.35. The second-order valence-electron chi connectivity index (χ2n) is 6.63. The van der Waals surface area contributed by atoms with Crippen LogP contribution in [0.4, 0.5) is 0 Å². The Balaban J connectivity index is 1.39. The number of hydrogen-bond acceptors (Lipinski definition) is 6. The summed E-state index contributed by atoms with van der Waals surface area (Å²) in [5.41, 5.74) is 3.21. The molecule has 30 heavy (non-hydrogen) atoms. The highest BCUT2D eigenvalue weighted by Crippen LogP contribution is 2.24. The summed E-state index contributed by atoms with van der Waals surface area (Å²) in [5.74, 6) is -0.236. The van der Waals surface area contributed by atoms with E-state index < -0.39 is 0 Å². The number of aromatic amines is 1. The number of benzene rings is 1. The average molecular weight is 438 g/mol. The van der Waals surface area contributed by atoms with Crippen molar-refractivity contribution in [2.24, 2.45) is 0 Å². The highest BCUT2D eigenvalue weighted by atomic mass is 35.5. The molecule has 3 aromatic heterocycles. The van der Waals surface area contributed by atoms with Crippen LogP contribution in [0, 0.1) is 11.3 Å². The predicted octanol–water partition coefficient (Wildman–Crippen LogP) is 3.74. The van der Waals surface area contributed by atoms with Gasteiger partial charge in [-0.2, -0.15) is 15.5 Å². The van der Waals surface area contributed by atoms with E-state index in [9.17, 15) is 4.79 Å². The van der Waals surface area contributed by atoms with Gasteiger partial charge in [0.1, 0.15) is 16.8 Å². The number of nitrogens with zero attached hydrogens (tertiary/aromatic N) is 5. The Kier molecular flexibility index (Phi) is 5.61. The zero-order valence-corrected chi connectivity index (χ0v) is 17.4. The van der Waals surface area contributed by atoms with Crippen molar-refractivity contribution in [3.63, 3.8) is 0 Å². The number of carbonyl (C=O) groups excluding carboxylic acids is 1. The number of thiazole rings is 1. The summed E-state index contributed by atoms with van der Waals surface area (Å²) in [6.45, 7) is 2.40. The number of rotatable bonds is 6. The topological polar surface area (TPSA) is 112 Å². The van der Waals surface area contributed by atoms with E-state index in [1.807, 2.05) is 31.3 Å². The number of H-pyrrole nitrogens is 1.